The number of rotatable bonds is 3. The van der Waals surface area contributed by atoms with Gasteiger partial charge in [-0.05, 0) is 35.9 Å². The zero-order valence-corrected chi connectivity index (χ0v) is 16.1. The molecule has 2 aromatic carbocycles. The summed E-state index contributed by atoms with van der Waals surface area (Å²) in [5, 5.41) is 0.254. The highest BCUT2D eigenvalue weighted by atomic mass is 35.5. The summed E-state index contributed by atoms with van der Waals surface area (Å²) in [6, 6.07) is 13.5. The molecule has 4 aromatic rings. The van der Waals surface area contributed by atoms with E-state index < -0.39 is 21.6 Å². The van der Waals surface area contributed by atoms with E-state index >= 15 is 0 Å². The number of hydrogen-bond acceptors (Lipinski definition) is 3. The second kappa shape index (κ2) is 6.89. The Hall–Kier alpha value is -2.84. The highest BCUT2D eigenvalue weighted by Crippen LogP contribution is 2.41. The molecule has 0 spiro atoms. The van der Waals surface area contributed by atoms with Gasteiger partial charge in [0.2, 0.25) is 9.84 Å². The predicted molar refractivity (Wildman–Crippen MR) is 103 cm³/mol. The van der Waals surface area contributed by atoms with Gasteiger partial charge in [0, 0.05) is 6.20 Å². The number of fused-ring (bicyclic) bond motifs is 1. The maximum atomic E-state index is 13.4. The molecule has 0 saturated carbocycles. The van der Waals surface area contributed by atoms with Crippen LogP contribution < -0.4 is 0 Å². The quantitative estimate of drug-likeness (QED) is 0.445. The molecule has 0 aliphatic carbocycles. The summed E-state index contributed by atoms with van der Waals surface area (Å²) < 4.78 is 66.4. The Morgan fingerprint density at radius 3 is 2.38 bits per heavy atom. The van der Waals surface area contributed by atoms with Crippen LogP contribution in [0.25, 0.3) is 22.3 Å². The molecule has 0 aliphatic rings. The van der Waals surface area contributed by atoms with E-state index in [1.54, 1.807) is 18.2 Å². The Kier molecular flexibility index (Phi) is 4.63. The summed E-state index contributed by atoms with van der Waals surface area (Å²) in [5.74, 6) is 0. The minimum Gasteiger partial charge on any atom is -0.338 e. The molecule has 29 heavy (non-hydrogen) atoms. The van der Waals surface area contributed by atoms with Crippen LogP contribution in [0.2, 0.25) is 5.02 Å². The first kappa shape index (κ1) is 19.5. The van der Waals surface area contributed by atoms with Crippen molar-refractivity contribution in [2.45, 2.75) is 16.0 Å². The molecule has 1 N–H and O–H groups in total. The van der Waals surface area contributed by atoms with E-state index in [9.17, 15) is 21.6 Å². The van der Waals surface area contributed by atoms with Crippen molar-refractivity contribution in [3.63, 3.8) is 0 Å². The number of sulfone groups is 1. The molecule has 0 atom stereocenters. The van der Waals surface area contributed by atoms with E-state index in [4.69, 9.17) is 11.6 Å². The van der Waals surface area contributed by atoms with Gasteiger partial charge in [0.25, 0.3) is 0 Å². The zero-order valence-electron chi connectivity index (χ0n) is 14.5. The average molecular weight is 437 g/mol. The van der Waals surface area contributed by atoms with Crippen molar-refractivity contribution in [3.05, 3.63) is 77.4 Å². The molecule has 0 saturated heterocycles. The van der Waals surface area contributed by atoms with Crippen LogP contribution in [0.3, 0.4) is 0 Å². The molecule has 0 bridgehead atoms. The number of nitrogens with one attached hydrogen (secondary N) is 1. The second-order valence-electron chi connectivity index (χ2n) is 6.24. The van der Waals surface area contributed by atoms with Crippen molar-refractivity contribution in [2.24, 2.45) is 0 Å². The highest BCUT2D eigenvalue weighted by molar-refractivity contribution is 7.92. The number of aromatic amines is 1. The molecule has 148 valence electrons. The summed E-state index contributed by atoms with van der Waals surface area (Å²) in [6.45, 7) is 0. The van der Waals surface area contributed by atoms with Crippen LogP contribution in [0.5, 0.6) is 0 Å². The first-order valence-electron chi connectivity index (χ1n) is 8.33. The summed E-state index contributed by atoms with van der Waals surface area (Å²) >= 11 is 6.26. The monoisotopic (exact) mass is 436 g/mol. The van der Waals surface area contributed by atoms with Crippen molar-refractivity contribution in [1.82, 2.24) is 9.97 Å². The lowest BCUT2D eigenvalue weighted by Gasteiger charge is -2.10. The molecule has 2 heterocycles. The number of hydrogen-bond donors (Lipinski definition) is 1. The van der Waals surface area contributed by atoms with Gasteiger partial charge in [-0.15, -0.1) is 0 Å². The summed E-state index contributed by atoms with van der Waals surface area (Å²) in [4.78, 5) is 6.72. The van der Waals surface area contributed by atoms with Gasteiger partial charge in [-0.2, -0.15) is 13.2 Å². The maximum absolute atomic E-state index is 13.4. The van der Waals surface area contributed by atoms with E-state index in [1.807, 2.05) is 0 Å². The van der Waals surface area contributed by atoms with Gasteiger partial charge in [0.1, 0.15) is 10.5 Å². The first-order valence-corrected chi connectivity index (χ1v) is 10.2. The smallest absolute Gasteiger partial charge is 0.338 e. The molecule has 4 nitrogen and oxygen atoms in total. The molecular weight excluding hydrogens is 425 g/mol. The summed E-state index contributed by atoms with van der Waals surface area (Å²) in [5.41, 5.74) is -0.672. The minimum atomic E-state index is -4.57. The first-order chi connectivity index (χ1) is 13.7. The zero-order chi connectivity index (χ0) is 20.8. The maximum Gasteiger partial charge on any atom is 0.416 e. The molecule has 0 fully saturated rings. The van der Waals surface area contributed by atoms with E-state index in [0.29, 0.717) is 0 Å². The lowest BCUT2D eigenvalue weighted by Crippen LogP contribution is -2.06. The SMILES string of the molecule is O=S(=O)(c1ccccc1)c1c(-c2cccc(C(F)(F)F)c2)[nH]c2nccc(Cl)c12. The molecule has 2 aromatic heterocycles. The van der Waals surface area contributed by atoms with Gasteiger partial charge in [0.05, 0.1) is 26.6 Å². The van der Waals surface area contributed by atoms with Gasteiger partial charge in [-0.25, -0.2) is 13.4 Å². The number of H-pyrrole nitrogens is 1. The Morgan fingerprint density at radius 2 is 1.69 bits per heavy atom. The Balaban J connectivity index is 2.07. The third-order valence-corrected chi connectivity index (χ3v) is 6.55. The van der Waals surface area contributed by atoms with Crippen molar-refractivity contribution in [1.29, 1.82) is 0 Å². The number of benzene rings is 2. The molecule has 9 heteroatoms. The van der Waals surface area contributed by atoms with Crippen LogP contribution in [-0.4, -0.2) is 18.4 Å². The van der Waals surface area contributed by atoms with Crippen LogP contribution in [-0.2, 0) is 16.0 Å². The summed E-state index contributed by atoms with van der Waals surface area (Å²) in [7, 11) is -4.11. The number of alkyl halides is 3. The van der Waals surface area contributed by atoms with E-state index in [2.05, 4.69) is 9.97 Å². The fourth-order valence-electron chi connectivity index (χ4n) is 3.09. The largest absolute Gasteiger partial charge is 0.416 e. The Labute approximate surface area is 168 Å². The highest BCUT2D eigenvalue weighted by Gasteiger charge is 2.33. The van der Waals surface area contributed by atoms with Gasteiger partial charge < -0.3 is 4.98 Å². The normalized spacial score (nSPS) is 12.4. The van der Waals surface area contributed by atoms with E-state index in [1.165, 1.54) is 36.5 Å². The Bertz CT molecular complexity index is 1320. The topological polar surface area (TPSA) is 62.8 Å². The number of nitrogens with zero attached hydrogens (tertiary/aromatic N) is 1. The van der Waals surface area contributed by atoms with Crippen LogP contribution in [0.1, 0.15) is 5.56 Å². The molecule has 0 aliphatic heterocycles. The van der Waals surface area contributed by atoms with Crippen LogP contribution in [0, 0.1) is 0 Å². The number of halogens is 4. The van der Waals surface area contributed by atoms with Crippen molar-refractivity contribution in [2.75, 3.05) is 0 Å². The molecule has 0 unspecified atom stereocenters. The van der Waals surface area contributed by atoms with Crippen molar-refractivity contribution >= 4 is 32.5 Å². The van der Waals surface area contributed by atoms with E-state index in [0.717, 1.165) is 12.1 Å². The standard InChI is InChI=1S/C20H12ClF3N2O2S/c21-15-9-10-25-19-16(15)18(29(27,28)14-7-2-1-3-8-14)17(26-19)12-5-4-6-13(11-12)20(22,23)24/h1-11H,(H,25,26). The lowest BCUT2D eigenvalue weighted by atomic mass is 10.1. The molecule has 0 amide bonds. The van der Waals surface area contributed by atoms with Crippen molar-refractivity contribution in [3.8, 4) is 11.3 Å². The van der Waals surface area contributed by atoms with Gasteiger partial charge in [-0.1, -0.05) is 41.9 Å². The van der Waals surface area contributed by atoms with E-state index in [-0.39, 0.29) is 37.1 Å². The van der Waals surface area contributed by atoms with Gasteiger partial charge in [0.15, 0.2) is 0 Å². The number of aromatic nitrogens is 2. The average Bonchev–Trinajstić information content (AvgIpc) is 3.10. The third kappa shape index (κ3) is 3.38. The van der Waals surface area contributed by atoms with Gasteiger partial charge >= 0.3 is 6.18 Å². The van der Waals surface area contributed by atoms with Crippen LogP contribution in [0.15, 0.2) is 76.7 Å². The third-order valence-electron chi connectivity index (χ3n) is 4.40. The molecule has 0 radical (unpaired) electrons. The second-order valence-corrected chi connectivity index (χ2v) is 8.53. The van der Waals surface area contributed by atoms with Gasteiger partial charge in [-0.3, -0.25) is 0 Å². The lowest BCUT2D eigenvalue weighted by molar-refractivity contribution is -0.137. The predicted octanol–water partition coefficient (Wildman–Crippen LogP) is 5.73. The fourth-order valence-corrected chi connectivity index (χ4v) is 5.05. The summed E-state index contributed by atoms with van der Waals surface area (Å²) in [6.07, 6.45) is -3.19. The minimum absolute atomic E-state index is 0.00412. The Morgan fingerprint density at radius 1 is 0.966 bits per heavy atom. The molecule has 4 rings (SSSR count). The van der Waals surface area contributed by atoms with Crippen LogP contribution in [0.4, 0.5) is 13.2 Å². The molecular formula is C20H12ClF3N2O2S. The fraction of sp³-hybridized carbons (Fsp3) is 0.0500. The van der Waals surface area contributed by atoms with Crippen LogP contribution >= 0.6 is 11.6 Å². The number of pyridine rings is 1. The van der Waals surface area contributed by atoms with Crippen molar-refractivity contribution < 1.29 is 21.6 Å².